The number of hydrogen-bond donors (Lipinski definition) is 0. The van der Waals surface area contributed by atoms with Crippen molar-refractivity contribution in [3.63, 3.8) is 0 Å². The molecule has 116 valence electrons. The molecule has 0 aromatic heterocycles. The zero-order chi connectivity index (χ0) is 14.9. The molecule has 0 spiro atoms. The molecule has 0 radical (unpaired) electrons. The molecule has 0 N–H and O–H groups in total. The Kier molecular flexibility index (Phi) is 6.70. The van der Waals surface area contributed by atoms with Gasteiger partial charge in [-0.05, 0) is 43.7 Å². The van der Waals surface area contributed by atoms with Gasteiger partial charge in [0.05, 0.1) is 19.8 Å². The summed E-state index contributed by atoms with van der Waals surface area (Å²) in [5.74, 6) is 1.01. The highest BCUT2D eigenvalue weighted by Crippen LogP contribution is 2.14. The van der Waals surface area contributed by atoms with Gasteiger partial charge in [0.25, 0.3) is 0 Å². The van der Waals surface area contributed by atoms with E-state index >= 15 is 0 Å². The van der Waals surface area contributed by atoms with Gasteiger partial charge in [0.15, 0.2) is 5.78 Å². The second-order valence-electron chi connectivity index (χ2n) is 5.31. The Morgan fingerprint density at radius 3 is 2.57 bits per heavy atom. The fourth-order valence-electron chi connectivity index (χ4n) is 2.39. The molecule has 1 aliphatic heterocycles. The Bertz CT molecular complexity index is 424. The van der Waals surface area contributed by atoms with Crippen LogP contribution in [0.1, 0.15) is 36.5 Å². The molecule has 1 aliphatic rings. The van der Waals surface area contributed by atoms with E-state index in [-0.39, 0.29) is 5.78 Å². The van der Waals surface area contributed by atoms with E-state index in [1.54, 1.807) is 0 Å². The van der Waals surface area contributed by atoms with E-state index in [9.17, 15) is 4.79 Å². The molecule has 0 aliphatic carbocycles. The first-order chi connectivity index (χ1) is 10.3. The molecule has 4 heteroatoms. The number of morpholine rings is 1. The van der Waals surface area contributed by atoms with Crippen molar-refractivity contribution in [2.24, 2.45) is 0 Å². The molecule has 1 aromatic rings. The average Bonchev–Trinajstić information content (AvgIpc) is 2.55. The normalized spacial score (nSPS) is 15.9. The van der Waals surface area contributed by atoms with E-state index in [0.717, 1.165) is 63.6 Å². The molecular weight excluding hydrogens is 266 g/mol. The summed E-state index contributed by atoms with van der Waals surface area (Å²) in [6, 6.07) is 7.44. The SMILES string of the molecule is CCC(=O)c1ccc(OCCCCN2CCOCC2)cc1. The lowest BCUT2D eigenvalue weighted by Gasteiger charge is -2.26. The van der Waals surface area contributed by atoms with Gasteiger partial charge in [-0.15, -0.1) is 0 Å². The lowest BCUT2D eigenvalue weighted by atomic mass is 10.1. The summed E-state index contributed by atoms with van der Waals surface area (Å²) in [5.41, 5.74) is 0.761. The molecule has 0 atom stereocenters. The second kappa shape index (κ2) is 8.80. The Balaban J connectivity index is 1.61. The van der Waals surface area contributed by atoms with Crippen molar-refractivity contribution < 1.29 is 14.3 Å². The fourth-order valence-corrected chi connectivity index (χ4v) is 2.39. The lowest BCUT2D eigenvalue weighted by molar-refractivity contribution is 0.0368. The maximum atomic E-state index is 11.5. The Hall–Kier alpha value is -1.39. The number of nitrogens with zero attached hydrogens (tertiary/aromatic N) is 1. The third kappa shape index (κ3) is 5.48. The topological polar surface area (TPSA) is 38.8 Å². The molecule has 1 saturated heterocycles. The van der Waals surface area contributed by atoms with Crippen LogP contribution in [0.3, 0.4) is 0 Å². The van der Waals surface area contributed by atoms with Crippen LogP contribution in [0.2, 0.25) is 0 Å². The van der Waals surface area contributed by atoms with Crippen molar-refractivity contribution in [1.82, 2.24) is 4.90 Å². The van der Waals surface area contributed by atoms with E-state index in [2.05, 4.69) is 4.90 Å². The summed E-state index contributed by atoms with van der Waals surface area (Å²) < 4.78 is 11.0. The van der Waals surface area contributed by atoms with Gasteiger partial charge in [0.2, 0.25) is 0 Å². The molecule has 21 heavy (non-hydrogen) atoms. The van der Waals surface area contributed by atoms with Crippen LogP contribution >= 0.6 is 0 Å². The van der Waals surface area contributed by atoms with Crippen LogP contribution in [0.5, 0.6) is 5.75 Å². The predicted octanol–water partition coefficient (Wildman–Crippen LogP) is 2.77. The molecule has 4 nitrogen and oxygen atoms in total. The minimum Gasteiger partial charge on any atom is -0.494 e. The predicted molar refractivity (Wildman–Crippen MR) is 83.1 cm³/mol. The Morgan fingerprint density at radius 1 is 1.19 bits per heavy atom. The average molecular weight is 291 g/mol. The number of carbonyl (C=O) groups excluding carboxylic acids is 1. The summed E-state index contributed by atoms with van der Waals surface area (Å²) >= 11 is 0. The van der Waals surface area contributed by atoms with Gasteiger partial charge in [-0.3, -0.25) is 9.69 Å². The van der Waals surface area contributed by atoms with E-state index in [4.69, 9.17) is 9.47 Å². The molecule has 1 fully saturated rings. The monoisotopic (exact) mass is 291 g/mol. The van der Waals surface area contributed by atoms with Gasteiger partial charge < -0.3 is 9.47 Å². The molecule has 1 heterocycles. The molecule has 1 aromatic carbocycles. The van der Waals surface area contributed by atoms with Gasteiger partial charge in [-0.1, -0.05) is 6.92 Å². The molecular formula is C17H25NO3. The van der Waals surface area contributed by atoms with Crippen LogP contribution in [0.15, 0.2) is 24.3 Å². The van der Waals surface area contributed by atoms with Crippen LogP contribution in [0, 0.1) is 0 Å². The minimum absolute atomic E-state index is 0.173. The molecule has 0 saturated carbocycles. The van der Waals surface area contributed by atoms with Gasteiger partial charge in [-0.25, -0.2) is 0 Å². The molecule has 0 bridgehead atoms. The summed E-state index contributed by atoms with van der Waals surface area (Å²) in [4.78, 5) is 14.0. The number of hydrogen-bond acceptors (Lipinski definition) is 4. The van der Waals surface area contributed by atoms with Crippen LogP contribution in [-0.4, -0.2) is 50.1 Å². The van der Waals surface area contributed by atoms with Gasteiger partial charge in [0.1, 0.15) is 5.75 Å². The number of rotatable bonds is 8. The number of carbonyl (C=O) groups is 1. The number of ether oxygens (including phenoxy) is 2. The van der Waals surface area contributed by atoms with Crippen LogP contribution in [-0.2, 0) is 4.74 Å². The summed E-state index contributed by atoms with van der Waals surface area (Å²) in [6.45, 7) is 7.55. The summed E-state index contributed by atoms with van der Waals surface area (Å²) in [5, 5.41) is 0. The third-order valence-corrected chi connectivity index (χ3v) is 3.74. The van der Waals surface area contributed by atoms with Crippen LogP contribution in [0.25, 0.3) is 0 Å². The van der Waals surface area contributed by atoms with Crippen molar-refractivity contribution in [2.45, 2.75) is 26.2 Å². The van der Waals surface area contributed by atoms with E-state index in [1.807, 2.05) is 31.2 Å². The van der Waals surface area contributed by atoms with Gasteiger partial charge >= 0.3 is 0 Å². The van der Waals surface area contributed by atoms with Crippen LogP contribution in [0.4, 0.5) is 0 Å². The number of unbranched alkanes of at least 4 members (excludes halogenated alkanes) is 1. The third-order valence-electron chi connectivity index (χ3n) is 3.74. The zero-order valence-electron chi connectivity index (χ0n) is 12.8. The Morgan fingerprint density at radius 2 is 1.90 bits per heavy atom. The first-order valence-electron chi connectivity index (χ1n) is 7.85. The smallest absolute Gasteiger partial charge is 0.162 e. The highest BCUT2D eigenvalue weighted by atomic mass is 16.5. The highest BCUT2D eigenvalue weighted by molar-refractivity contribution is 5.95. The maximum absolute atomic E-state index is 11.5. The second-order valence-corrected chi connectivity index (χ2v) is 5.31. The van der Waals surface area contributed by atoms with E-state index in [1.165, 1.54) is 0 Å². The van der Waals surface area contributed by atoms with Crippen LogP contribution < -0.4 is 4.74 Å². The van der Waals surface area contributed by atoms with Crippen molar-refractivity contribution >= 4 is 5.78 Å². The van der Waals surface area contributed by atoms with Crippen molar-refractivity contribution in [1.29, 1.82) is 0 Å². The van der Waals surface area contributed by atoms with E-state index < -0.39 is 0 Å². The van der Waals surface area contributed by atoms with Crippen molar-refractivity contribution in [3.05, 3.63) is 29.8 Å². The van der Waals surface area contributed by atoms with Crippen molar-refractivity contribution in [2.75, 3.05) is 39.5 Å². The van der Waals surface area contributed by atoms with Gasteiger partial charge in [-0.2, -0.15) is 0 Å². The summed E-state index contributed by atoms with van der Waals surface area (Å²) in [7, 11) is 0. The zero-order valence-corrected chi connectivity index (χ0v) is 12.8. The molecule has 0 unspecified atom stereocenters. The maximum Gasteiger partial charge on any atom is 0.162 e. The number of ketones is 1. The molecule has 0 amide bonds. The standard InChI is InChI=1S/C17H25NO3/c1-2-17(19)15-5-7-16(8-6-15)21-12-4-3-9-18-10-13-20-14-11-18/h5-8H,2-4,9-14H2,1H3. The first kappa shape index (κ1) is 16.0. The first-order valence-corrected chi connectivity index (χ1v) is 7.85. The Labute approximate surface area is 127 Å². The largest absolute Gasteiger partial charge is 0.494 e. The summed E-state index contributed by atoms with van der Waals surface area (Å²) in [6.07, 6.45) is 2.74. The van der Waals surface area contributed by atoms with Gasteiger partial charge in [0, 0.05) is 25.1 Å². The van der Waals surface area contributed by atoms with E-state index in [0.29, 0.717) is 6.42 Å². The van der Waals surface area contributed by atoms with Crippen molar-refractivity contribution in [3.8, 4) is 5.75 Å². The lowest BCUT2D eigenvalue weighted by Crippen LogP contribution is -2.36. The highest BCUT2D eigenvalue weighted by Gasteiger charge is 2.09. The minimum atomic E-state index is 0.173. The fraction of sp³-hybridized carbons (Fsp3) is 0.588. The number of Topliss-reactive ketones (excluding diaryl/α,β-unsaturated/α-hetero) is 1. The number of benzene rings is 1. The quantitative estimate of drug-likeness (QED) is 0.545. The molecule has 2 rings (SSSR count).